The van der Waals surface area contributed by atoms with Crippen LogP contribution in [0.5, 0.6) is 5.75 Å². The van der Waals surface area contributed by atoms with E-state index in [2.05, 4.69) is 21.7 Å². The predicted octanol–water partition coefficient (Wildman–Crippen LogP) is 2.67. The van der Waals surface area contributed by atoms with Crippen molar-refractivity contribution in [1.82, 2.24) is 4.98 Å². The van der Waals surface area contributed by atoms with Gasteiger partial charge in [-0.25, -0.2) is 4.98 Å². The number of nitrogens with one attached hydrogen (secondary N) is 2. The lowest BCUT2D eigenvalue weighted by Crippen LogP contribution is -2.12. The number of hydrogen-bond donors (Lipinski definition) is 2. The van der Waals surface area contributed by atoms with E-state index in [1.165, 1.54) is 5.56 Å². The summed E-state index contributed by atoms with van der Waals surface area (Å²) in [6, 6.07) is 12.3. The van der Waals surface area contributed by atoms with E-state index in [1.54, 1.807) is 6.20 Å². The molecule has 0 spiro atoms. The summed E-state index contributed by atoms with van der Waals surface area (Å²) in [4.78, 5) is 4.19. The van der Waals surface area contributed by atoms with Gasteiger partial charge in [-0.3, -0.25) is 0 Å². The molecule has 0 radical (unpaired) electrons. The normalized spacial score (nSPS) is 16.8. The fourth-order valence-electron chi connectivity index (χ4n) is 2.14. The van der Waals surface area contributed by atoms with Crippen molar-refractivity contribution < 1.29 is 4.74 Å². The third kappa shape index (κ3) is 1.97. The standard InChI is InChI=1S/C14H15N3O/c1-15-14-8-10(6-7-16-14)17-12-9-18-13-5-3-2-4-11(12)13/h2-8,12H,9H2,1H3,(H2,15,16,17). The summed E-state index contributed by atoms with van der Waals surface area (Å²) in [6.07, 6.45) is 1.79. The summed E-state index contributed by atoms with van der Waals surface area (Å²) in [6.45, 7) is 0.663. The third-order valence-corrected chi connectivity index (χ3v) is 3.06. The average Bonchev–Trinajstić information content (AvgIpc) is 2.83. The molecule has 1 unspecified atom stereocenters. The largest absolute Gasteiger partial charge is 0.491 e. The van der Waals surface area contributed by atoms with Gasteiger partial charge in [-0.1, -0.05) is 18.2 Å². The molecule has 3 rings (SSSR count). The van der Waals surface area contributed by atoms with Crippen molar-refractivity contribution >= 4 is 11.5 Å². The number of benzene rings is 1. The molecule has 1 aromatic heterocycles. The maximum absolute atomic E-state index is 5.65. The van der Waals surface area contributed by atoms with Crippen molar-refractivity contribution in [3.05, 3.63) is 48.2 Å². The molecule has 0 saturated heterocycles. The molecule has 2 aromatic rings. The first kappa shape index (κ1) is 10.9. The zero-order chi connectivity index (χ0) is 12.4. The number of hydrogen-bond acceptors (Lipinski definition) is 4. The predicted molar refractivity (Wildman–Crippen MR) is 72.1 cm³/mol. The quantitative estimate of drug-likeness (QED) is 0.867. The van der Waals surface area contributed by atoms with E-state index in [9.17, 15) is 0 Å². The number of rotatable bonds is 3. The number of aromatic nitrogens is 1. The molecular weight excluding hydrogens is 226 g/mol. The van der Waals surface area contributed by atoms with Gasteiger partial charge >= 0.3 is 0 Å². The Morgan fingerprint density at radius 1 is 1.28 bits per heavy atom. The van der Waals surface area contributed by atoms with Crippen LogP contribution in [0, 0.1) is 0 Å². The summed E-state index contributed by atoms with van der Waals surface area (Å²) in [5.74, 6) is 1.82. The number of pyridine rings is 1. The van der Waals surface area contributed by atoms with Gasteiger partial charge < -0.3 is 15.4 Å². The van der Waals surface area contributed by atoms with Crippen molar-refractivity contribution in [2.75, 3.05) is 24.3 Å². The first-order valence-electron chi connectivity index (χ1n) is 5.99. The Balaban J connectivity index is 1.82. The van der Waals surface area contributed by atoms with E-state index in [4.69, 9.17) is 4.74 Å². The van der Waals surface area contributed by atoms with Gasteiger partial charge in [-0.2, -0.15) is 0 Å². The molecule has 0 aliphatic carbocycles. The van der Waals surface area contributed by atoms with Gasteiger partial charge in [0.15, 0.2) is 0 Å². The molecule has 18 heavy (non-hydrogen) atoms. The first-order chi connectivity index (χ1) is 8.86. The molecular formula is C14H15N3O. The van der Waals surface area contributed by atoms with Crippen LogP contribution in [0.25, 0.3) is 0 Å². The zero-order valence-electron chi connectivity index (χ0n) is 10.2. The number of nitrogens with zero attached hydrogens (tertiary/aromatic N) is 1. The summed E-state index contributed by atoms with van der Waals surface area (Å²) in [7, 11) is 1.86. The highest BCUT2D eigenvalue weighted by Crippen LogP contribution is 2.34. The molecule has 1 aromatic carbocycles. The minimum Gasteiger partial charge on any atom is -0.491 e. The highest BCUT2D eigenvalue weighted by atomic mass is 16.5. The number of para-hydroxylation sites is 1. The lowest BCUT2D eigenvalue weighted by atomic mass is 10.1. The highest BCUT2D eigenvalue weighted by Gasteiger charge is 2.23. The maximum atomic E-state index is 5.65. The van der Waals surface area contributed by atoms with Crippen molar-refractivity contribution in [1.29, 1.82) is 0 Å². The van der Waals surface area contributed by atoms with Crippen molar-refractivity contribution in [3.63, 3.8) is 0 Å². The molecule has 92 valence electrons. The Bertz CT molecular complexity index is 556. The smallest absolute Gasteiger partial charge is 0.127 e. The van der Waals surface area contributed by atoms with Gasteiger partial charge in [0.1, 0.15) is 18.2 Å². The summed E-state index contributed by atoms with van der Waals surface area (Å²) < 4.78 is 5.65. The van der Waals surface area contributed by atoms with Crippen LogP contribution in [-0.2, 0) is 0 Å². The van der Waals surface area contributed by atoms with Crippen LogP contribution in [0.2, 0.25) is 0 Å². The van der Waals surface area contributed by atoms with Crippen LogP contribution in [0.3, 0.4) is 0 Å². The fourth-order valence-corrected chi connectivity index (χ4v) is 2.14. The van der Waals surface area contributed by atoms with E-state index in [-0.39, 0.29) is 6.04 Å². The van der Waals surface area contributed by atoms with Gasteiger partial charge in [0.2, 0.25) is 0 Å². The van der Waals surface area contributed by atoms with Gasteiger partial charge in [0, 0.05) is 30.6 Å². The topological polar surface area (TPSA) is 46.2 Å². The SMILES string of the molecule is CNc1cc(NC2COc3ccccc32)ccn1. The van der Waals surface area contributed by atoms with E-state index in [1.807, 2.05) is 37.4 Å². The van der Waals surface area contributed by atoms with E-state index in [0.29, 0.717) is 6.61 Å². The lowest BCUT2D eigenvalue weighted by Gasteiger charge is -2.13. The second-order valence-corrected chi connectivity index (χ2v) is 4.23. The second kappa shape index (κ2) is 4.56. The maximum Gasteiger partial charge on any atom is 0.127 e. The van der Waals surface area contributed by atoms with Crippen LogP contribution in [0.4, 0.5) is 11.5 Å². The number of anilines is 2. The Labute approximate surface area is 106 Å². The van der Waals surface area contributed by atoms with Crippen LogP contribution in [-0.4, -0.2) is 18.6 Å². The molecule has 0 amide bonds. The first-order valence-corrected chi connectivity index (χ1v) is 5.99. The number of fused-ring (bicyclic) bond motifs is 1. The highest BCUT2D eigenvalue weighted by molar-refractivity contribution is 5.54. The van der Waals surface area contributed by atoms with E-state index < -0.39 is 0 Å². The molecule has 4 nitrogen and oxygen atoms in total. The fraction of sp³-hybridized carbons (Fsp3) is 0.214. The van der Waals surface area contributed by atoms with Crippen molar-refractivity contribution in [2.24, 2.45) is 0 Å². The summed E-state index contributed by atoms with van der Waals surface area (Å²) in [5, 5.41) is 6.50. The molecule has 1 atom stereocenters. The Morgan fingerprint density at radius 3 is 3.06 bits per heavy atom. The number of ether oxygens (including phenoxy) is 1. The Hall–Kier alpha value is -2.23. The van der Waals surface area contributed by atoms with Gasteiger partial charge in [0.25, 0.3) is 0 Å². The van der Waals surface area contributed by atoms with E-state index >= 15 is 0 Å². The van der Waals surface area contributed by atoms with E-state index in [0.717, 1.165) is 17.3 Å². The minimum absolute atomic E-state index is 0.202. The minimum atomic E-state index is 0.202. The molecule has 0 bridgehead atoms. The van der Waals surface area contributed by atoms with Crippen LogP contribution < -0.4 is 15.4 Å². The Morgan fingerprint density at radius 2 is 2.17 bits per heavy atom. The van der Waals surface area contributed by atoms with Crippen molar-refractivity contribution in [3.8, 4) is 5.75 Å². The summed E-state index contributed by atoms with van der Waals surface area (Å²) in [5.41, 5.74) is 2.25. The zero-order valence-corrected chi connectivity index (χ0v) is 10.2. The molecule has 4 heteroatoms. The van der Waals surface area contributed by atoms with Crippen LogP contribution in [0.1, 0.15) is 11.6 Å². The second-order valence-electron chi connectivity index (χ2n) is 4.23. The average molecular weight is 241 g/mol. The molecule has 2 N–H and O–H groups in total. The van der Waals surface area contributed by atoms with Crippen molar-refractivity contribution in [2.45, 2.75) is 6.04 Å². The molecule has 0 saturated carbocycles. The third-order valence-electron chi connectivity index (χ3n) is 3.06. The molecule has 2 heterocycles. The molecule has 0 fully saturated rings. The Kier molecular flexibility index (Phi) is 2.76. The monoisotopic (exact) mass is 241 g/mol. The lowest BCUT2D eigenvalue weighted by molar-refractivity contribution is 0.340. The molecule has 1 aliphatic heterocycles. The van der Waals surface area contributed by atoms with Crippen LogP contribution in [0.15, 0.2) is 42.6 Å². The summed E-state index contributed by atoms with van der Waals surface area (Å²) >= 11 is 0. The van der Waals surface area contributed by atoms with Gasteiger partial charge in [-0.15, -0.1) is 0 Å². The van der Waals surface area contributed by atoms with Crippen LogP contribution >= 0.6 is 0 Å². The molecule has 1 aliphatic rings. The van der Waals surface area contributed by atoms with Gasteiger partial charge in [-0.05, 0) is 12.1 Å². The van der Waals surface area contributed by atoms with Gasteiger partial charge in [0.05, 0.1) is 6.04 Å².